The lowest BCUT2D eigenvalue weighted by Crippen LogP contribution is -2.34. The first kappa shape index (κ1) is 33.5. The Balaban J connectivity index is 1.33. The minimum Gasteiger partial charge on any atom is -0.321 e. The molecule has 1 unspecified atom stereocenters. The second-order valence-corrected chi connectivity index (χ2v) is 12.5. The van der Waals surface area contributed by atoms with Crippen LogP contribution in [-0.4, -0.2) is 23.0 Å². The van der Waals surface area contributed by atoms with E-state index < -0.39 is 11.8 Å². The van der Waals surface area contributed by atoms with Gasteiger partial charge in [-0.05, 0) is 90.9 Å². The van der Waals surface area contributed by atoms with Crippen molar-refractivity contribution in [2.75, 3.05) is 10.2 Å². The van der Waals surface area contributed by atoms with Crippen molar-refractivity contribution in [2.45, 2.75) is 23.5 Å². The van der Waals surface area contributed by atoms with E-state index in [1.807, 2.05) is 79.7 Å². The molecule has 0 saturated carbocycles. The van der Waals surface area contributed by atoms with Crippen molar-refractivity contribution in [1.82, 2.24) is 5.32 Å². The molecule has 0 heterocycles. The van der Waals surface area contributed by atoms with Gasteiger partial charge in [0.15, 0.2) is 0 Å². The Morgan fingerprint density at radius 2 is 1.34 bits per heavy atom. The van der Waals surface area contributed by atoms with Gasteiger partial charge in [-0.2, -0.15) is 0 Å². The van der Waals surface area contributed by atoms with Gasteiger partial charge in [-0.25, -0.2) is 0 Å². The molecule has 0 aliphatic rings. The zero-order valence-corrected chi connectivity index (χ0v) is 27.7. The molecule has 9 heteroatoms. The molecule has 0 aromatic heterocycles. The lowest BCUT2D eigenvalue weighted by atomic mass is 10.1. The third-order valence-electron chi connectivity index (χ3n) is 7.08. The van der Waals surface area contributed by atoms with Crippen molar-refractivity contribution >= 4 is 75.8 Å². The van der Waals surface area contributed by atoms with Gasteiger partial charge in [0.2, 0.25) is 5.91 Å². The Bertz CT molecular complexity index is 1830. The van der Waals surface area contributed by atoms with Gasteiger partial charge in [-0.1, -0.05) is 90.8 Å². The van der Waals surface area contributed by atoms with Crippen LogP contribution in [0.15, 0.2) is 144 Å². The topological polar surface area (TPSA) is 78.5 Å². The summed E-state index contributed by atoms with van der Waals surface area (Å²) in [7, 11) is 0. The van der Waals surface area contributed by atoms with Crippen molar-refractivity contribution in [2.24, 2.45) is 0 Å². The van der Waals surface area contributed by atoms with Crippen LogP contribution in [0.2, 0.25) is 10.0 Å². The lowest BCUT2D eigenvalue weighted by molar-refractivity contribution is -0.117. The van der Waals surface area contributed by atoms with Gasteiger partial charge in [0.05, 0.1) is 5.25 Å². The second kappa shape index (κ2) is 16.1. The number of carbonyl (C=O) groups is 3. The molecule has 5 rings (SSSR count). The summed E-state index contributed by atoms with van der Waals surface area (Å²) in [5.74, 6) is -1.01. The third kappa shape index (κ3) is 8.92. The Morgan fingerprint density at radius 1 is 0.766 bits per heavy atom. The highest BCUT2D eigenvalue weighted by Gasteiger charge is 2.26. The normalized spacial score (nSPS) is 11.8. The van der Waals surface area contributed by atoms with Crippen LogP contribution in [0.1, 0.15) is 29.3 Å². The minimum atomic E-state index is -0.538. The number of hydrogen-bond acceptors (Lipinski definition) is 4. The quantitative estimate of drug-likeness (QED) is 0.108. The smallest absolute Gasteiger partial charge is 0.272 e. The first-order chi connectivity index (χ1) is 22.8. The Labute approximate surface area is 288 Å². The largest absolute Gasteiger partial charge is 0.321 e. The van der Waals surface area contributed by atoms with E-state index in [9.17, 15) is 14.4 Å². The lowest BCUT2D eigenvalue weighted by Gasteiger charge is -2.27. The summed E-state index contributed by atoms with van der Waals surface area (Å²) in [5, 5.41) is 5.98. The van der Waals surface area contributed by atoms with Gasteiger partial charge in [-0.15, -0.1) is 11.8 Å². The summed E-state index contributed by atoms with van der Waals surface area (Å²) in [6.45, 7) is 1.99. The number of amides is 3. The number of carbonyl (C=O) groups excluding carboxylic acids is 3. The summed E-state index contributed by atoms with van der Waals surface area (Å²) in [6, 6.07) is 39.9. The standard InChI is InChI=1S/C38H31Cl2N3O3S/c1-2-35(38(46)43(30-14-8-4-9-15-30)31-16-10-5-11-17-31)47-32-22-20-29(21-23-32)41-37(45)34(24-27-18-19-28(39)25-33(27)40)42-36(44)26-12-6-3-7-13-26/h3-25,35H,2H2,1H3,(H,41,45)(H,42,44)/b34-24-. The van der Waals surface area contributed by atoms with E-state index in [0.717, 1.165) is 16.3 Å². The van der Waals surface area contributed by atoms with Gasteiger partial charge in [0.1, 0.15) is 5.70 Å². The average Bonchev–Trinajstić information content (AvgIpc) is 3.10. The van der Waals surface area contributed by atoms with Crippen LogP contribution in [0.25, 0.3) is 6.08 Å². The molecule has 0 aliphatic heterocycles. The number of halogens is 2. The molecular weight excluding hydrogens is 649 g/mol. The van der Waals surface area contributed by atoms with Crippen molar-refractivity contribution in [3.05, 3.63) is 160 Å². The molecule has 2 N–H and O–H groups in total. The highest BCUT2D eigenvalue weighted by atomic mass is 35.5. The van der Waals surface area contributed by atoms with Crippen molar-refractivity contribution in [3.8, 4) is 0 Å². The first-order valence-electron chi connectivity index (χ1n) is 14.9. The van der Waals surface area contributed by atoms with Crippen LogP contribution in [0.5, 0.6) is 0 Å². The predicted octanol–water partition coefficient (Wildman–Crippen LogP) is 9.64. The second-order valence-electron chi connectivity index (χ2n) is 10.4. The Kier molecular flexibility index (Phi) is 11.5. The van der Waals surface area contributed by atoms with E-state index in [1.54, 1.807) is 65.6 Å². The van der Waals surface area contributed by atoms with E-state index >= 15 is 0 Å². The van der Waals surface area contributed by atoms with Crippen molar-refractivity contribution in [1.29, 1.82) is 0 Å². The van der Waals surface area contributed by atoms with Crippen LogP contribution in [0, 0.1) is 0 Å². The van der Waals surface area contributed by atoms with Gasteiger partial charge in [0, 0.05) is 37.6 Å². The molecule has 0 fully saturated rings. The van der Waals surface area contributed by atoms with Crippen LogP contribution in [0.3, 0.4) is 0 Å². The molecule has 1 atom stereocenters. The molecule has 0 radical (unpaired) electrons. The highest BCUT2D eigenvalue weighted by Crippen LogP contribution is 2.33. The summed E-state index contributed by atoms with van der Waals surface area (Å²) >= 11 is 13.9. The van der Waals surface area contributed by atoms with Crippen LogP contribution in [-0.2, 0) is 9.59 Å². The fraction of sp³-hybridized carbons (Fsp3) is 0.0789. The Hall–Kier alpha value is -4.82. The molecule has 47 heavy (non-hydrogen) atoms. The molecule has 0 spiro atoms. The molecule has 3 amide bonds. The Morgan fingerprint density at radius 3 is 1.89 bits per heavy atom. The number of anilines is 3. The van der Waals surface area contributed by atoms with Gasteiger partial charge >= 0.3 is 0 Å². The number of thioether (sulfide) groups is 1. The fourth-order valence-electron chi connectivity index (χ4n) is 4.71. The maximum Gasteiger partial charge on any atom is 0.272 e. The SMILES string of the molecule is CCC(Sc1ccc(NC(=O)/C(=C/c2ccc(Cl)cc2Cl)NC(=O)c2ccccc2)cc1)C(=O)N(c1ccccc1)c1ccccc1. The summed E-state index contributed by atoms with van der Waals surface area (Å²) in [6.07, 6.45) is 2.11. The molecule has 0 bridgehead atoms. The van der Waals surface area contributed by atoms with E-state index in [1.165, 1.54) is 17.8 Å². The zero-order valence-electron chi connectivity index (χ0n) is 25.4. The first-order valence-corrected chi connectivity index (χ1v) is 16.5. The maximum absolute atomic E-state index is 13.9. The fourth-order valence-corrected chi connectivity index (χ4v) is 6.16. The van der Waals surface area contributed by atoms with Crippen molar-refractivity contribution in [3.63, 3.8) is 0 Å². The minimum absolute atomic E-state index is 0.0000797. The summed E-state index contributed by atoms with van der Waals surface area (Å²) in [5.41, 5.74) is 3.01. The molecular formula is C38H31Cl2N3O3S. The zero-order chi connectivity index (χ0) is 33.2. The number of nitrogens with one attached hydrogen (secondary N) is 2. The van der Waals surface area contributed by atoms with Gasteiger partial charge in [-0.3, -0.25) is 19.3 Å². The molecule has 0 saturated heterocycles. The number of para-hydroxylation sites is 2. The van der Waals surface area contributed by atoms with E-state index in [4.69, 9.17) is 23.2 Å². The number of nitrogens with zero attached hydrogens (tertiary/aromatic N) is 1. The average molecular weight is 681 g/mol. The maximum atomic E-state index is 13.9. The third-order valence-corrected chi connectivity index (χ3v) is 9.00. The molecule has 6 nitrogen and oxygen atoms in total. The predicted molar refractivity (Wildman–Crippen MR) is 193 cm³/mol. The number of rotatable bonds is 11. The molecule has 5 aromatic carbocycles. The van der Waals surface area contributed by atoms with Crippen LogP contribution >= 0.6 is 35.0 Å². The summed E-state index contributed by atoms with van der Waals surface area (Å²) < 4.78 is 0. The van der Waals surface area contributed by atoms with Crippen LogP contribution in [0.4, 0.5) is 17.1 Å². The molecule has 236 valence electrons. The monoisotopic (exact) mass is 679 g/mol. The van der Waals surface area contributed by atoms with Crippen LogP contribution < -0.4 is 15.5 Å². The van der Waals surface area contributed by atoms with E-state index in [0.29, 0.717) is 33.3 Å². The summed E-state index contributed by atoms with van der Waals surface area (Å²) in [4.78, 5) is 43.0. The number of hydrogen-bond donors (Lipinski definition) is 2. The highest BCUT2D eigenvalue weighted by molar-refractivity contribution is 8.00. The van der Waals surface area contributed by atoms with E-state index in [2.05, 4.69) is 10.6 Å². The molecule has 0 aliphatic carbocycles. The molecule has 5 aromatic rings. The van der Waals surface area contributed by atoms with E-state index in [-0.39, 0.29) is 16.9 Å². The van der Waals surface area contributed by atoms with Gasteiger partial charge < -0.3 is 10.6 Å². The number of benzene rings is 5. The van der Waals surface area contributed by atoms with Crippen molar-refractivity contribution < 1.29 is 14.4 Å². The van der Waals surface area contributed by atoms with Gasteiger partial charge in [0.25, 0.3) is 11.8 Å².